The van der Waals surface area contributed by atoms with E-state index in [0.717, 1.165) is 27.2 Å². The van der Waals surface area contributed by atoms with Crippen LogP contribution in [0.15, 0.2) is 16.8 Å². The van der Waals surface area contributed by atoms with Gasteiger partial charge in [-0.25, -0.2) is 13.9 Å². The molecule has 25 heavy (non-hydrogen) atoms. The second kappa shape index (κ2) is 6.38. The summed E-state index contributed by atoms with van der Waals surface area (Å²) in [6, 6.07) is 2.02. The summed E-state index contributed by atoms with van der Waals surface area (Å²) in [5.41, 5.74) is 1.80. The summed E-state index contributed by atoms with van der Waals surface area (Å²) < 4.78 is 21.1. The number of nitrogens with zero attached hydrogens (tertiary/aromatic N) is 6. The van der Waals surface area contributed by atoms with Crippen molar-refractivity contribution in [1.82, 2.24) is 24.7 Å². The molecule has 1 aliphatic heterocycles. The maximum Gasteiger partial charge on any atom is 0.214 e. The first-order valence-corrected chi connectivity index (χ1v) is 9.14. The van der Waals surface area contributed by atoms with Crippen molar-refractivity contribution >= 4 is 21.4 Å². The Balaban J connectivity index is 1.46. The van der Waals surface area contributed by atoms with Crippen LogP contribution in [0.4, 0.5) is 9.52 Å². The Morgan fingerprint density at radius 1 is 1.40 bits per heavy atom. The first kappa shape index (κ1) is 16.5. The van der Waals surface area contributed by atoms with E-state index >= 15 is 0 Å². The van der Waals surface area contributed by atoms with Crippen molar-refractivity contribution < 1.29 is 8.91 Å². The van der Waals surface area contributed by atoms with E-state index in [4.69, 9.17) is 4.52 Å². The normalized spacial score (nSPS) is 21.4. The van der Waals surface area contributed by atoms with E-state index in [0.29, 0.717) is 26.1 Å². The highest BCUT2D eigenvalue weighted by Gasteiger charge is 2.34. The fraction of sp³-hybridized carbons (Fsp3) is 0.562. The minimum absolute atomic E-state index is 0.114. The van der Waals surface area contributed by atoms with Crippen LogP contribution in [0.5, 0.6) is 0 Å². The molecule has 3 aromatic rings. The summed E-state index contributed by atoms with van der Waals surface area (Å²) in [6.45, 7) is 5.57. The van der Waals surface area contributed by atoms with Gasteiger partial charge in [-0.3, -0.25) is 4.90 Å². The van der Waals surface area contributed by atoms with Crippen molar-refractivity contribution in [2.75, 3.05) is 25.0 Å². The SMILES string of the molecule is Cc1cc(CN2C[C@@H](F)C[C@H]2CN(C)c2nn3cc(C)nc3s2)on1. The zero-order chi connectivity index (χ0) is 17.6. The maximum absolute atomic E-state index is 14.0. The van der Waals surface area contributed by atoms with Gasteiger partial charge in [-0.05, 0) is 20.3 Å². The standard InChI is InChI=1S/C16H21FN6OS/c1-10-4-14(24-20-10)9-22-7-12(17)5-13(22)8-21(3)16-19-23-6-11(2)18-15(23)25-16/h4,6,12-13H,5,7-9H2,1-3H3/t12-,13-/m0/s1. The van der Waals surface area contributed by atoms with Crippen molar-refractivity contribution in [3.8, 4) is 0 Å². The van der Waals surface area contributed by atoms with E-state index in [-0.39, 0.29) is 6.04 Å². The molecular formula is C16H21FN6OS. The van der Waals surface area contributed by atoms with Gasteiger partial charge >= 0.3 is 0 Å². The second-order valence-electron chi connectivity index (χ2n) is 6.73. The van der Waals surface area contributed by atoms with Crippen LogP contribution >= 0.6 is 11.3 Å². The molecule has 4 rings (SSSR count). The van der Waals surface area contributed by atoms with Gasteiger partial charge in [-0.15, -0.1) is 5.10 Å². The molecule has 0 unspecified atom stereocenters. The number of halogens is 1. The lowest BCUT2D eigenvalue weighted by Crippen LogP contribution is -2.38. The summed E-state index contributed by atoms with van der Waals surface area (Å²) >= 11 is 1.54. The van der Waals surface area contributed by atoms with Crippen molar-refractivity contribution in [2.24, 2.45) is 0 Å². The molecule has 1 aliphatic rings. The van der Waals surface area contributed by atoms with Crippen LogP contribution in [0, 0.1) is 13.8 Å². The first-order valence-electron chi connectivity index (χ1n) is 8.32. The Bertz CT molecular complexity index is 842. The van der Waals surface area contributed by atoms with Gasteiger partial charge in [0.2, 0.25) is 10.1 Å². The number of rotatable bonds is 5. The van der Waals surface area contributed by atoms with Crippen molar-refractivity contribution in [2.45, 2.75) is 39.0 Å². The predicted octanol–water partition coefficient (Wildman–Crippen LogP) is 2.44. The molecule has 1 saturated heterocycles. The van der Waals surface area contributed by atoms with E-state index in [2.05, 4.69) is 25.0 Å². The van der Waals surface area contributed by atoms with Gasteiger partial charge in [0.05, 0.1) is 24.1 Å². The van der Waals surface area contributed by atoms with Crippen LogP contribution in [-0.2, 0) is 6.54 Å². The van der Waals surface area contributed by atoms with E-state index in [1.165, 1.54) is 0 Å². The van der Waals surface area contributed by atoms with Gasteiger partial charge in [-0.1, -0.05) is 16.5 Å². The minimum atomic E-state index is -0.807. The van der Waals surface area contributed by atoms with Crippen LogP contribution < -0.4 is 4.90 Å². The van der Waals surface area contributed by atoms with Gasteiger partial charge in [-0.2, -0.15) is 0 Å². The summed E-state index contributed by atoms with van der Waals surface area (Å²) in [7, 11) is 1.99. The minimum Gasteiger partial charge on any atom is -0.360 e. The highest BCUT2D eigenvalue weighted by atomic mass is 32.1. The fourth-order valence-corrected chi connectivity index (χ4v) is 4.24. The van der Waals surface area contributed by atoms with Crippen molar-refractivity contribution in [3.05, 3.63) is 29.4 Å². The zero-order valence-corrected chi connectivity index (χ0v) is 15.3. The Hall–Kier alpha value is -2.00. The predicted molar refractivity (Wildman–Crippen MR) is 93.8 cm³/mol. The molecule has 0 aliphatic carbocycles. The molecule has 0 saturated carbocycles. The zero-order valence-electron chi connectivity index (χ0n) is 14.5. The molecule has 1 fully saturated rings. The van der Waals surface area contributed by atoms with Crippen LogP contribution in [-0.4, -0.2) is 57.0 Å². The van der Waals surface area contributed by atoms with E-state index < -0.39 is 6.17 Å². The molecule has 134 valence electrons. The molecule has 0 aromatic carbocycles. The number of hydrogen-bond donors (Lipinski definition) is 0. The van der Waals surface area contributed by atoms with Gasteiger partial charge in [0, 0.05) is 32.2 Å². The topological polar surface area (TPSA) is 62.7 Å². The lowest BCUT2D eigenvalue weighted by molar-refractivity contribution is 0.209. The van der Waals surface area contributed by atoms with Gasteiger partial charge in [0.1, 0.15) is 6.17 Å². The number of fused-ring (bicyclic) bond motifs is 1. The highest BCUT2D eigenvalue weighted by Crippen LogP contribution is 2.27. The maximum atomic E-state index is 14.0. The van der Waals surface area contributed by atoms with Crippen molar-refractivity contribution in [3.63, 3.8) is 0 Å². The van der Waals surface area contributed by atoms with Crippen LogP contribution in [0.3, 0.4) is 0 Å². The Kier molecular flexibility index (Phi) is 4.20. The molecule has 0 radical (unpaired) electrons. The second-order valence-corrected chi connectivity index (χ2v) is 7.66. The van der Waals surface area contributed by atoms with E-state index in [1.54, 1.807) is 15.9 Å². The number of likely N-dealkylation sites (N-methyl/N-ethyl adjacent to an activating group) is 1. The number of aromatic nitrogens is 4. The number of likely N-dealkylation sites (tertiary alicyclic amines) is 1. The third kappa shape index (κ3) is 3.38. The van der Waals surface area contributed by atoms with Crippen LogP contribution in [0.25, 0.3) is 4.96 Å². The molecule has 2 atom stereocenters. The number of imidazole rings is 1. The lowest BCUT2D eigenvalue weighted by atomic mass is 10.2. The third-order valence-corrected chi connectivity index (χ3v) is 5.51. The fourth-order valence-electron chi connectivity index (χ4n) is 3.34. The van der Waals surface area contributed by atoms with Crippen LogP contribution in [0.2, 0.25) is 0 Å². The quantitative estimate of drug-likeness (QED) is 0.693. The Labute approximate surface area is 149 Å². The molecule has 0 spiro atoms. The summed E-state index contributed by atoms with van der Waals surface area (Å²) in [4.78, 5) is 9.52. The highest BCUT2D eigenvalue weighted by molar-refractivity contribution is 7.20. The molecule has 0 N–H and O–H groups in total. The average Bonchev–Trinajstić information content (AvgIpc) is 3.25. The number of hydrogen-bond acceptors (Lipinski definition) is 7. The monoisotopic (exact) mass is 364 g/mol. The molecular weight excluding hydrogens is 343 g/mol. The number of anilines is 1. The smallest absolute Gasteiger partial charge is 0.214 e. The van der Waals surface area contributed by atoms with E-state index in [1.807, 2.05) is 33.2 Å². The number of alkyl halides is 1. The first-order chi connectivity index (χ1) is 12.0. The van der Waals surface area contributed by atoms with Gasteiger partial charge in [0.25, 0.3) is 0 Å². The van der Waals surface area contributed by atoms with Gasteiger partial charge in [0.15, 0.2) is 5.76 Å². The molecule has 0 amide bonds. The molecule has 7 nitrogen and oxygen atoms in total. The van der Waals surface area contributed by atoms with Gasteiger partial charge < -0.3 is 9.42 Å². The molecule has 9 heteroatoms. The Morgan fingerprint density at radius 2 is 2.24 bits per heavy atom. The third-order valence-electron chi connectivity index (χ3n) is 4.48. The summed E-state index contributed by atoms with van der Waals surface area (Å²) in [5, 5.41) is 9.37. The number of aryl methyl sites for hydroxylation is 2. The average molecular weight is 364 g/mol. The molecule has 3 aromatic heterocycles. The molecule has 0 bridgehead atoms. The van der Waals surface area contributed by atoms with Crippen LogP contribution in [0.1, 0.15) is 23.6 Å². The largest absolute Gasteiger partial charge is 0.360 e. The molecule has 4 heterocycles. The summed E-state index contributed by atoms with van der Waals surface area (Å²) in [6.07, 6.45) is 1.63. The van der Waals surface area contributed by atoms with Crippen molar-refractivity contribution in [1.29, 1.82) is 0 Å². The lowest BCUT2D eigenvalue weighted by Gasteiger charge is -2.27. The summed E-state index contributed by atoms with van der Waals surface area (Å²) in [5.74, 6) is 0.780. The van der Waals surface area contributed by atoms with E-state index in [9.17, 15) is 4.39 Å². The Morgan fingerprint density at radius 3 is 2.96 bits per heavy atom.